The van der Waals surface area contributed by atoms with Crippen LogP contribution in [0.5, 0.6) is 0 Å². The maximum Gasteiger partial charge on any atom is 0.228 e. The van der Waals surface area contributed by atoms with Gasteiger partial charge in [-0.2, -0.15) is 0 Å². The topological polar surface area (TPSA) is 60.9 Å². The molecular formula is C20H26ClN3O3. The normalized spacial score (nSPS) is 23.5. The van der Waals surface area contributed by atoms with Crippen molar-refractivity contribution in [1.29, 1.82) is 0 Å². The molecule has 3 amide bonds. The quantitative estimate of drug-likeness (QED) is 0.794. The molecule has 2 saturated heterocycles. The first-order chi connectivity index (χ1) is 12.9. The molecule has 27 heavy (non-hydrogen) atoms. The van der Waals surface area contributed by atoms with Gasteiger partial charge < -0.3 is 14.7 Å². The minimum Gasteiger partial charge on any atom is -0.339 e. The summed E-state index contributed by atoms with van der Waals surface area (Å²) in [5.74, 6) is -0.105. The first kappa shape index (κ1) is 19.7. The standard InChI is InChI=1S/C20H26ClN3O3/c1-3-24-18(26)8-7-17(19(24)15-5-4-6-16(21)13-15)20(27)23-11-9-22(10-12-23)14(2)25/h4-6,13,17,19H,3,7-12H2,1-2H3/t17-,19+/m1/s1. The second kappa shape index (κ2) is 8.30. The SMILES string of the molecule is CCN1C(=O)CC[C@@H](C(=O)N2CCN(C(C)=O)CC2)[C@@H]1c1cccc(Cl)c1. The number of halogens is 1. The molecule has 7 heteroatoms. The van der Waals surface area contributed by atoms with E-state index >= 15 is 0 Å². The molecule has 2 atom stereocenters. The third-order valence-corrected chi connectivity index (χ3v) is 5.83. The molecule has 1 aromatic carbocycles. The van der Waals surface area contributed by atoms with Gasteiger partial charge in [-0.05, 0) is 31.0 Å². The van der Waals surface area contributed by atoms with Crippen molar-refractivity contribution in [2.45, 2.75) is 32.7 Å². The van der Waals surface area contributed by atoms with Crippen LogP contribution < -0.4 is 0 Å². The van der Waals surface area contributed by atoms with Crippen LogP contribution in [-0.2, 0) is 14.4 Å². The minimum absolute atomic E-state index is 0.0410. The molecule has 2 aliphatic rings. The van der Waals surface area contributed by atoms with Crippen molar-refractivity contribution in [3.63, 3.8) is 0 Å². The van der Waals surface area contributed by atoms with E-state index in [2.05, 4.69) is 0 Å². The lowest BCUT2D eigenvalue weighted by atomic mass is 9.83. The van der Waals surface area contributed by atoms with Crippen LogP contribution in [0.2, 0.25) is 5.02 Å². The number of benzene rings is 1. The Balaban J connectivity index is 1.84. The molecule has 0 unspecified atom stereocenters. The highest BCUT2D eigenvalue weighted by Crippen LogP contribution is 2.38. The largest absolute Gasteiger partial charge is 0.339 e. The second-order valence-corrected chi connectivity index (χ2v) is 7.59. The molecule has 1 aromatic rings. The van der Waals surface area contributed by atoms with Gasteiger partial charge in [-0.3, -0.25) is 14.4 Å². The van der Waals surface area contributed by atoms with Crippen molar-refractivity contribution in [3.05, 3.63) is 34.9 Å². The summed E-state index contributed by atoms with van der Waals surface area (Å²) in [6.07, 6.45) is 0.924. The van der Waals surface area contributed by atoms with Crippen molar-refractivity contribution in [1.82, 2.24) is 14.7 Å². The van der Waals surface area contributed by atoms with Crippen LogP contribution in [0.4, 0.5) is 0 Å². The first-order valence-electron chi connectivity index (χ1n) is 9.51. The van der Waals surface area contributed by atoms with Gasteiger partial charge in [0.05, 0.1) is 12.0 Å². The number of rotatable bonds is 3. The van der Waals surface area contributed by atoms with E-state index < -0.39 is 0 Å². The van der Waals surface area contributed by atoms with Crippen molar-refractivity contribution in [2.24, 2.45) is 5.92 Å². The molecule has 0 aliphatic carbocycles. The number of piperazine rings is 1. The zero-order valence-electron chi connectivity index (χ0n) is 15.9. The van der Waals surface area contributed by atoms with Gasteiger partial charge in [0.15, 0.2) is 0 Å². The third kappa shape index (κ3) is 4.10. The third-order valence-electron chi connectivity index (χ3n) is 5.59. The van der Waals surface area contributed by atoms with Crippen molar-refractivity contribution in [3.8, 4) is 0 Å². The van der Waals surface area contributed by atoms with Gasteiger partial charge in [-0.15, -0.1) is 0 Å². The number of piperidine rings is 1. The maximum absolute atomic E-state index is 13.3. The van der Waals surface area contributed by atoms with E-state index in [4.69, 9.17) is 11.6 Å². The Morgan fingerprint density at radius 2 is 1.81 bits per heavy atom. The van der Waals surface area contributed by atoms with Crippen molar-refractivity contribution < 1.29 is 14.4 Å². The Bertz CT molecular complexity index is 731. The summed E-state index contributed by atoms with van der Waals surface area (Å²) in [6, 6.07) is 7.14. The van der Waals surface area contributed by atoms with Crippen LogP contribution >= 0.6 is 11.6 Å². The number of likely N-dealkylation sites (tertiary alicyclic amines) is 1. The van der Waals surface area contributed by atoms with Crippen LogP contribution in [0.3, 0.4) is 0 Å². The summed E-state index contributed by atoms with van der Waals surface area (Å²) < 4.78 is 0. The van der Waals surface area contributed by atoms with Crippen molar-refractivity contribution >= 4 is 29.3 Å². The van der Waals surface area contributed by atoms with Crippen LogP contribution in [0, 0.1) is 5.92 Å². The first-order valence-corrected chi connectivity index (χ1v) is 9.89. The van der Waals surface area contributed by atoms with Gasteiger partial charge in [-0.1, -0.05) is 23.7 Å². The summed E-state index contributed by atoms with van der Waals surface area (Å²) in [5, 5.41) is 0.600. The zero-order valence-corrected chi connectivity index (χ0v) is 16.6. The van der Waals surface area contributed by atoms with Crippen LogP contribution in [-0.4, -0.2) is 65.1 Å². The fraction of sp³-hybridized carbons (Fsp3) is 0.550. The molecule has 0 N–H and O–H groups in total. The predicted octanol–water partition coefficient (Wildman–Crippen LogP) is 2.33. The van der Waals surface area contributed by atoms with E-state index in [0.29, 0.717) is 50.6 Å². The van der Waals surface area contributed by atoms with Crippen LogP contribution in [0.25, 0.3) is 0 Å². The van der Waals surface area contributed by atoms with Gasteiger partial charge in [0, 0.05) is 51.1 Å². The Hall–Kier alpha value is -2.08. The fourth-order valence-electron chi connectivity index (χ4n) is 4.16. The zero-order chi connectivity index (χ0) is 19.6. The molecule has 0 radical (unpaired) electrons. The fourth-order valence-corrected chi connectivity index (χ4v) is 4.36. The van der Waals surface area contributed by atoms with E-state index in [1.165, 1.54) is 0 Å². The molecular weight excluding hydrogens is 366 g/mol. The number of hydrogen-bond acceptors (Lipinski definition) is 3. The molecule has 3 rings (SSSR count). The second-order valence-electron chi connectivity index (χ2n) is 7.16. The predicted molar refractivity (Wildman–Crippen MR) is 103 cm³/mol. The molecule has 0 saturated carbocycles. The van der Waals surface area contributed by atoms with Gasteiger partial charge in [0.1, 0.15) is 0 Å². The summed E-state index contributed by atoms with van der Waals surface area (Å²) in [6.45, 7) is 6.25. The van der Waals surface area contributed by atoms with Crippen molar-refractivity contribution in [2.75, 3.05) is 32.7 Å². The average Bonchev–Trinajstić information content (AvgIpc) is 2.67. The van der Waals surface area contributed by atoms with E-state index in [0.717, 1.165) is 5.56 Å². The van der Waals surface area contributed by atoms with E-state index in [1.807, 2.05) is 30.0 Å². The molecule has 0 spiro atoms. The monoisotopic (exact) mass is 391 g/mol. The van der Waals surface area contributed by atoms with Gasteiger partial charge in [0.2, 0.25) is 17.7 Å². The number of nitrogens with zero attached hydrogens (tertiary/aromatic N) is 3. The summed E-state index contributed by atoms with van der Waals surface area (Å²) in [5.41, 5.74) is 0.901. The summed E-state index contributed by atoms with van der Waals surface area (Å²) in [4.78, 5) is 42.7. The summed E-state index contributed by atoms with van der Waals surface area (Å²) >= 11 is 6.18. The van der Waals surface area contributed by atoms with Crippen LogP contribution in [0.1, 0.15) is 38.3 Å². The highest BCUT2D eigenvalue weighted by Gasteiger charge is 2.42. The number of hydrogen-bond donors (Lipinski definition) is 0. The number of amides is 3. The average molecular weight is 392 g/mol. The highest BCUT2D eigenvalue weighted by atomic mass is 35.5. The maximum atomic E-state index is 13.3. The molecule has 2 fully saturated rings. The highest BCUT2D eigenvalue weighted by molar-refractivity contribution is 6.30. The number of carbonyl (C=O) groups is 3. The molecule has 146 valence electrons. The molecule has 2 aliphatic heterocycles. The van der Waals surface area contributed by atoms with E-state index in [-0.39, 0.29) is 29.7 Å². The van der Waals surface area contributed by atoms with Gasteiger partial charge >= 0.3 is 0 Å². The number of carbonyl (C=O) groups excluding carboxylic acids is 3. The molecule has 6 nitrogen and oxygen atoms in total. The Kier molecular flexibility index (Phi) is 6.05. The summed E-state index contributed by atoms with van der Waals surface area (Å²) in [7, 11) is 0. The van der Waals surface area contributed by atoms with Gasteiger partial charge in [-0.25, -0.2) is 0 Å². The Morgan fingerprint density at radius 3 is 2.41 bits per heavy atom. The van der Waals surface area contributed by atoms with Gasteiger partial charge in [0.25, 0.3) is 0 Å². The van der Waals surface area contributed by atoms with E-state index in [9.17, 15) is 14.4 Å². The van der Waals surface area contributed by atoms with Crippen LogP contribution in [0.15, 0.2) is 24.3 Å². The Labute approximate surface area is 165 Å². The Morgan fingerprint density at radius 1 is 1.15 bits per heavy atom. The minimum atomic E-state index is -0.298. The van der Waals surface area contributed by atoms with E-state index in [1.54, 1.807) is 22.8 Å². The lowest BCUT2D eigenvalue weighted by molar-refractivity contribution is -0.150. The lowest BCUT2D eigenvalue weighted by Crippen LogP contribution is -2.54. The smallest absolute Gasteiger partial charge is 0.228 e. The lowest BCUT2D eigenvalue weighted by Gasteiger charge is -2.43. The molecule has 2 heterocycles. The molecule has 0 aromatic heterocycles. The molecule has 0 bridgehead atoms.